The van der Waals surface area contributed by atoms with Gasteiger partial charge in [-0.1, -0.05) is 12.1 Å². The fourth-order valence-corrected chi connectivity index (χ4v) is 4.73. The van der Waals surface area contributed by atoms with E-state index in [0.717, 1.165) is 31.4 Å². The van der Waals surface area contributed by atoms with Crippen LogP contribution in [-0.4, -0.2) is 57.4 Å². The predicted molar refractivity (Wildman–Crippen MR) is 108 cm³/mol. The second-order valence-electron chi connectivity index (χ2n) is 7.87. The molecule has 2 aliphatic rings. The number of piperazine rings is 1. The molecule has 5 heteroatoms. The lowest BCUT2D eigenvalue weighted by atomic mass is 10.0. The van der Waals surface area contributed by atoms with Gasteiger partial charge >= 0.3 is 0 Å². The first kappa shape index (κ1) is 18.3. The molecule has 0 radical (unpaired) electrons. The van der Waals surface area contributed by atoms with E-state index < -0.39 is 0 Å². The highest BCUT2D eigenvalue weighted by molar-refractivity contribution is 5.58. The first-order chi connectivity index (χ1) is 13.3. The summed E-state index contributed by atoms with van der Waals surface area (Å²) in [6.07, 6.45) is 6.52. The normalized spacial score (nSPS) is 24.0. The number of benzene rings is 1. The lowest BCUT2D eigenvalue weighted by Gasteiger charge is -2.40. The Bertz CT molecular complexity index is 707. The SMILES string of the molecule is COc1ccccc1N1CC[NH+](C2CC[NH+](Cc3ccncc3)CC2)CC1. The summed E-state index contributed by atoms with van der Waals surface area (Å²) in [7, 11) is 1.77. The number of pyridine rings is 1. The summed E-state index contributed by atoms with van der Waals surface area (Å²) in [5.74, 6) is 0.994. The van der Waals surface area contributed by atoms with Gasteiger partial charge < -0.3 is 19.4 Å². The van der Waals surface area contributed by atoms with Gasteiger partial charge in [-0.25, -0.2) is 0 Å². The highest BCUT2D eigenvalue weighted by atomic mass is 16.5. The number of hydrogen-bond donors (Lipinski definition) is 2. The Labute approximate surface area is 162 Å². The number of aromatic nitrogens is 1. The number of piperidine rings is 1. The van der Waals surface area contributed by atoms with Crippen molar-refractivity contribution in [3.8, 4) is 5.75 Å². The van der Waals surface area contributed by atoms with Crippen LogP contribution in [0.25, 0.3) is 0 Å². The highest BCUT2D eigenvalue weighted by Crippen LogP contribution is 2.27. The Balaban J connectivity index is 1.26. The number of ether oxygens (including phenoxy) is 1. The quantitative estimate of drug-likeness (QED) is 0.782. The molecule has 2 aromatic rings. The van der Waals surface area contributed by atoms with Crippen LogP contribution in [0.1, 0.15) is 18.4 Å². The minimum atomic E-state index is 0.839. The van der Waals surface area contributed by atoms with E-state index >= 15 is 0 Å². The second kappa shape index (κ2) is 8.72. The van der Waals surface area contributed by atoms with Gasteiger partial charge in [0, 0.05) is 30.8 Å². The zero-order valence-corrected chi connectivity index (χ0v) is 16.4. The Morgan fingerprint density at radius 2 is 1.70 bits per heavy atom. The van der Waals surface area contributed by atoms with Crippen molar-refractivity contribution in [1.82, 2.24) is 4.98 Å². The fourth-order valence-electron chi connectivity index (χ4n) is 4.73. The summed E-state index contributed by atoms with van der Waals surface area (Å²) < 4.78 is 5.55. The molecule has 0 aliphatic carbocycles. The zero-order chi connectivity index (χ0) is 18.5. The number of nitrogens with zero attached hydrogens (tertiary/aromatic N) is 2. The van der Waals surface area contributed by atoms with Crippen molar-refractivity contribution in [1.29, 1.82) is 0 Å². The molecule has 0 saturated carbocycles. The van der Waals surface area contributed by atoms with Crippen LogP contribution in [0.4, 0.5) is 5.69 Å². The van der Waals surface area contributed by atoms with Crippen molar-refractivity contribution in [2.75, 3.05) is 51.3 Å². The van der Waals surface area contributed by atoms with Crippen molar-refractivity contribution in [3.05, 3.63) is 54.4 Å². The van der Waals surface area contributed by atoms with Crippen LogP contribution in [0.2, 0.25) is 0 Å². The number of para-hydroxylation sites is 2. The van der Waals surface area contributed by atoms with Crippen LogP contribution < -0.4 is 19.4 Å². The van der Waals surface area contributed by atoms with Crippen LogP contribution >= 0.6 is 0 Å². The Morgan fingerprint density at radius 1 is 1.00 bits per heavy atom. The smallest absolute Gasteiger partial charge is 0.142 e. The van der Waals surface area contributed by atoms with Crippen molar-refractivity contribution >= 4 is 5.69 Å². The lowest BCUT2D eigenvalue weighted by molar-refractivity contribution is -0.963. The van der Waals surface area contributed by atoms with Crippen LogP contribution in [0, 0.1) is 0 Å². The molecule has 4 rings (SSSR count). The molecule has 0 unspecified atom stereocenters. The van der Waals surface area contributed by atoms with E-state index in [1.165, 1.54) is 50.3 Å². The summed E-state index contributed by atoms with van der Waals surface area (Å²) in [4.78, 5) is 10.2. The number of quaternary nitrogens is 2. The monoisotopic (exact) mass is 368 g/mol. The van der Waals surface area contributed by atoms with Gasteiger partial charge in [0.15, 0.2) is 0 Å². The van der Waals surface area contributed by atoms with Crippen molar-refractivity contribution in [2.45, 2.75) is 25.4 Å². The molecule has 1 aromatic heterocycles. The van der Waals surface area contributed by atoms with Crippen LogP contribution in [-0.2, 0) is 6.54 Å². The molecule has 1 aromatic carbocycles. The molecule has 27 heavy (non-hydrogen) atoms. The Hall–Kier alpha value is -2.11. The van der Waals surface area contributed by atoms with Crippen LogP contribution in [0.15, 0.2) is 48.8 Å². The number of nitrogens with one attached hydrogen (secondary N) is 2. The van der Waals surface area contributed by atoms with Crippen LogP contribution in [0.3, 0.4) is 0 Å². The average Bonchev–Trinajstić information content (AvgIpc) is 2.75. The third-order valence-electron chi connectivity index (χ3n) is 6.31. The van der Waals surface area contributed by atoms with E-state index in [-0.39, 0.29) is 0 Å². The van der Waals surface area contributed by atoms with Gasteiger partial charge in [-0.2, -0.15) is 0 Å². The van der Waals surface area contributed by atoms with E-state index in [2.05, 4.69) is 40.2 Å². The van der Waals surface area contributed by atoms with E-state index in [4.69, 9.17) is 4.74 Å². The standard InChI is InChI=1S/C22H30N4O/c1-27-22-5-3-2-4-21(22)26-16-14-25(15-17-26)20-8-12-24(13-9-20)18-19-6-10-23-11-7-19/h2-7,10-11,20H,8-9,12-18H2,1H3/p+2. The minimum absolute atomic E-state index is 0.839. The highest BCUT2D eigenvalue weighted by Gasteiger charge is 2.32. The topological polar surface area (TPSA) is 34.2 Å². The number of anilines is 1. The van der Waals surface area contributed by atoms with E-state index in [1.54, 1.807) is 12.0 Å². The molecule has 0 spiro atoms. The molecule has 2 aliphatic heterocycles. The molecule has 0 amide bonds. The van der Waals surface area contributed by atoms with Gasteiger partial charge in [0.05, 0.1) is 58.1 Å². The Kier molecular flexibility index (Phi) is 5.90. The average molecular weight is 369 g/mol. The van der Waals surface area contributed by atoms with E-state index in [1.807, 2.05) is 23.4 Å². The van der Waals surface area contributed by atoms with Gasteiger partial charge in [-0.3, -0.25) is 4.98 Å². The van der Waals surface area contributed by atoms with Crippen LogP contribution in [0.5, 0.6) is 5.75 Å². The molecule has 2 N–H and O–H groups in total. The minimum Gasteiger partial charge on any atom is -0.495 e. The molecule has 144 valence electrons. The van der Waals surface area contributed by atoms with Gasteiger partial charge in [0.2, 0.25) is 0 Å². The molecule has 0 bridgehead atoms. The van der Waals surface area contributed by atoms with Gasteiger partial charge in [-0.15, -0.1) is 0 Å². The number of hydrogen-bond acceptors (Lipinski definition) is 3. The number of methoxy groups -OCH3 is 1. The number of rotatable bonds is 5. The molecule has 3 heterocycles. The van der Waals surface area contributed by atoms with Crippen molar-refractivity contribution in [2.24, 2.45) is 0 Å². The summed E-state index contributed by atoms with van der Waals surface area (Å²) in [6, 6.07) is 13.6. The Morgan fingerprint density at radius 3 is 2.41 bits per heavy atom. The lowest BCUT2D eigenvalue weighted by Crippen LogP contribution is -3.21. The molecule has 0 atom stereocenters. The first-order valence-electron chi connectivity index (χ1n) is 10.3. The zero-order valence-electron chi connectivity index (χ0n) is 16.4. The molecule has 2 saturated heterocycles. The largest absolute Gasteiger partial charge is 0.495 e. The molecule has 2 fully saturated rings. The molecular formula is C22H32N4O+2. The summed E-state index contributed by atoms with van der Waals surface area (Å²) in [5.41, 5.74) is 2.66. The predicted octanol–water partition coefficient (Wildman–Crippen LogP) is 0.0426. The maximum atomic E-state index is 5.55. The fraction of sp³-hybridized carbons (Fsp3) is 0.500. The van der Waals surface area contributed by atoms with Crippen molar-refractivity contribution in [3.63, 3.8) is 0 Å². The summed E-state index contributed by atoms with van der Waals surface area (Å²) in [5, 5.41) is 0. The van der Waals surface area contributed by atoms with Gasteiger partial charge in [0.25, 0.3) is 0 Å². The summed E-state index contributed by atoms with van der Waals surface area (Å²) >= 11 is 0. The summed E-state index contributed by atoms with van der Waals surface area (Å²) in [6.45, 7) is 8.47. The third-order valence-corrected chi connectivity index (χ3v) is 6.31. The molecule has 5 nitrogen and oxygen atoms in total. The maximum absolute atomic E-state index is 5.55. The van der Waals surface area contributed by atoms with Crippen molar-refractivity contribution < 1.29 is 14.5 Å². The second-order valence-corrected chi connectivity index (χ2v) is 7.87. The van der Waals surface area contributed by atoms with Gasteiger partial charge in [-0.05, 0) is 24.3 Å². The maximum Gasteiger partial charge on any atom is 0.142 e. The molecular weight excluding hydrogens is 336 g/mol. The van der Waals surface area contributed by atoms with E-state index in [9.17, 15) is 0 Å². The van der Waals surface area contributed by atoms with Gasteiger partial charge in [0.1, 0.15) is 12.3 Å². The third kappa shape index (κ3) is 4.42. The van der Waals surface area contributed by atoms with E-state index in [0.29, 0.717) is 0 Å². The first-order valence-corrected chi connectivity index (χ1v) is 10.3. The number of likely N-dealkylation sites (tertiary alicyclic amines) is 1.